The van der Waals surface area contributed by atoms with Gasteiger partial charge in [-0.05, 0) is 0 Å². The van der Waals surface area contributed by atoms with Crippen molar-refractivity contribution in [2.24, 2.45) is 0 Å². The summed E-state index contributed by atoms with van der Waals surface area (Å²) in [6.45, 7) is 5.59. The highest BCUT2D eigenvalue weighted by Crippen LogP contribution is 2.27. The predicted octanol–water partition coefficient (Wildman–Crippen LogP) is 1.12. The Balaban J connectivity index is 0.000000496. The average Bonchev–Trinajstić information content (AvgIpc) is 2.72. The van der Waals surface area contributed by atoms with Crippen LogP contribution in [0.3, 0.4) is 0 Å². The van der Waals surface area contributed by atoms with Crippen LogP contribution in [0, 0.1) is 0 Å². The SMILES string of the molecule is C=CCN1C=CN(C)C1.O=S(=O)(NS(=O)(=O)C(F)(F)F)C(F)(F)F. The van der Waals surface area contributed by atoms with E-state index in [1.54, 1.807) is 0 Å². The Labute approximate surface area is 134 Å². The second-order valence-electron chi connectivity index (χ2n) is 4.24. The second kappa shape index (κ2) is 7.60. The largest absolute Gasteiger partial charge is 0.512 e. The lowest BCUT2D eigenvalue weighted by molar-refractivity contribution is -0.0476. The van der Waals surface area contributed by atoms with Crippen LogP contribution in [0.15, 0.2) is 25.1 Å². The summed E-state index contributed by atoms with van der Waals surface area (Å²) >= 11 is 0. The van der Waals surface area contributed by atoms with Crippen LogP contribution < -0.4 is 4.13 Å². The number of hydrogen-bond donors (Lipinski definition) is 1. The van der Waals surface area contributed by atoms with Crippen molar-refractivity contribution in [3.63, 3.8) is 0 Å². The third-order valence-corrected chi connectivity index (χ3v) is 5.10. The fourth-order valence-corrected chi connectivity index (χ4v) is 3.02. The Bertz CT molecular complexity index is 626. The summed E-state index contributed by atoms with van der Waals surface area (Å²) in [7, 11) is -11.1. The summed E-state index contributed by atoms with van der Waals surface area (Å²) in [5.41, 5.74) is -12.3. The molecule has 0 aromatic rings. The molecule has 0 aromatic heterocycles. The van der Waals surface area contributed by atoms with Gasteiger partial charge in [-0.15, -0.1) is 6.58 Å². The molecule has 0 saturated heterocycles. The molecule has 1 aliphatic heterocycles. The molecule has 1 heterocycles. The molecule has 24 heavy (non-hydrogen) atoms. The van der Waals surface area contributed by atoms with E-state index in [-0.39, 0.29) is 0 Å². The number of sulfonamides is 2. The van der Waals surface area contributed by atoms with Crippen molar-refractivity contribution in [2.45, 2.75) is 11.0 Å². The van der Waals surface area contributed by atoms with Crippen LogP contribution in [-0.2, 0) is 20.0 Å². The molecule has 0 saturated carbocycles. The van der Waals surface area contributed by atoms with Crippen LogP contribution in [-0.4, -0.2) is 57.9 Å². The number of alkyl halides is 6. The molecule has 0 unspecified atom stereocenters. The van der Waals surface area contributed by atoms with Crippen molar-refractivity contribution in [1.82, 2.24) is 13.9 Å². The minimum absolute atomic E-state index is 0.493. The Morgan fingerprint density at radius 3 is 1.71 bits per heavy atom. The number of nitrogens with zero attached hydrogens (tertiary/aromatic N) is 2. The fraction of sp³-hybridized carbons (Fsp3) is 0.556. The molecule has 7 nitrogen and oxygen atoms in total. The lowest BCUT2D eigenvalue weighted by atomic mass is 10.6. The summed E-state index contributed by atoms with van der Waals surface area (Å²) in [4.78, 5) is 4.32. The zero-order valence-corrected chi connectivity index (χ0v) is 13.6. The molecular formula is C9H13F6N3O4S2. The number of nitrogens with one attached hydrogen (secondary N) is 1. The van der Waals surface area contributed by atoms with Crippen molar-refractivity contribution >= 4 is 20.0 Å². The van der Waals surface area contributed by atoms with Gasteiger partial charge in [0.1, 0.15) is 0 Å². The predicted molar refractivity (Wildman–Crippen MR) is 71.8 cm³/mol. The van der Waals surface area contributed by atoms with Crippen molar-refractivity contribution in [3.8, 4) is 0 Å². The molecule has 15 heteroatoms. The maximum atomic E-state index is 11.5. The van der Waals surface area contributed by atoms with Crippen molar-refractivity contribution < 1.29 is 43.2 Å². The molecule has 0 fully saturated rings. The third-order valence-electron chi connectivity index (χ3n) is 2.13. The molecule has 142 valence electrons. The van der Waals surface area contributed by atoms with Gasteiger partial charge in [0.05, 0.1) is 6.67 Å². The highest BCUT2D eigenvalue weighted by Gasteiger charge is 2.55. The topological polar surface area (TPSA) is 86.8 Å². The van der Waals surface area contributed by atoms with E-state index in [1.165, 1.54) is 0 Å². The number of rotatable bonds is 4. The molecule has 1 aliphatic rings. The molecule has 1 N–H and O–H groups in total. The minimum atomic E-state index is -6.60. The normalized spacial score (nSPS) is 16.0. The molecule has 0 radical (unpaired) electrons. The maximum absolute atomic E-state index is 11.5. The minimum Gasteiger partial charge on any atom is -0.362 e. The first-order valence-electron chi connectivity index (χ1n) is 5.68. The van der Waals surface area contributed by atoms with Crippen LogP contribution in [0.25, 0.3) is 0 Å². The van der Waals surface area contributed by atoms with E-state index in [4.69, 9.17) is 0 Å². The maximum Gasteiger partial charge on any atom is 0.512 e. The Kier molecular flexibility index (Phi) is 7.14. The molecule has 0 amide bonds. The molecular weight excluding hydrogens is 392 g/mol. The van der Waals surface area contributed by atoms with E-state index in [2.05, 4.69) is 35.8 Å². The van der Waals surface area contributed by atoms with Crippen LogP contribution in [0.1, 0.15) is 0 Å². The highest BCUT2D eigenvalue weighted by atomic mass is 32.3. The summed E-state index contributed by atoms with van der Waals surface area (Å²) in [6, 6.07) is 0. The van der Waals surface area contributed by atoms with Gasteiger partial charge >= 0.3 is 31.1 Å². The Morgan fingerprint density at radius 1 is 1.04 bits per heavy atom. The molecule has 1 rings (SSSR count). The van der Waals surface area contributed by atoms with Gasteiger partial charge in [-0.3, -0.25) is 0 Å². The molecule has 0 aromatic carbocycles. The van der Waals surface area contributed by atoms with Crippen LogP contribution in [0.5, 0.6) is 0 Å². The van der Waals surface area contributed by atoms with Gasteiger partial charge < -0.3 is 9.80 Å². The van der Waals surface area contributed by atoms with Gasteiger partial charge in [-0.2, -0.15) is 26.3 Å². The van der Waals surface area contributed by atoms with Gasteiger partial charge in [0.2, 0.25) is 0 Å². The van der Waals surface area contributed by atoms with E-state index >= 15 is 0 Å². The van der Waals surface area contributed by atoms with E-state index in [9.17, 15) is 43.2 Å². The zero-order chi connectivity index (χ0) is 19.4. The Morgan fingerprint density at radius 2 is 1.46 bits per heavy atom. The van der Waals surface area contributed by atoms with Gasteiger partial charge in [0.25, 0.3) is 0 Å². The van der Waals surface area contributed by atoms with E-state index < -0.39 is 35.2 Å². The Hall–Kier alpha value is -1.48. The summed E-state index contributed by atoms with van der Waals surface area (Å²) in [6.07, 6.45) is 6.04. The van der Waals surface area contributed by atoms with Crippen molar-refractivity contribution in [3.05, 3.63) is 25.1 Å². The van der Waals surface area contributed by atoms with E-state index in [0.29, 0.717) is 0 Å². The highest BCUT2D eigenvalue weighted by molar-refractivity contribution is 8.05. The van der Waals surface area contributed by atoms with Gasteiger partial charge in [-0.1, -0.05) is 10.2 Å². The van der Waals surface area contributed by atoms with E-state index in [0.717, 1.165) is 13.2 Å². The summed E-state index contributed by atoms with van der Waals surface area (Å²) in [5, 5.41) is 0. The lowest BCUT2D eigenvalue weighted by Gasteiger charge is -2.15. The second-order valence-corrected chi connectivity index (χ2v) is 7.84. The first-order valence-corrected chi connectivity index (χ1v) is 8.65. The van der Waals surface area contributed by atoms with Gasteiger partial charge in [-0.25, -0.2) is 16.8 Å². The zero-order valence-electron chi connectivity index (χ0n) is 12.0. The summed E-state index contributed by atoms with van der Waals surface area (Å²) < 4.78 is 108. The van der Waals surface area contributed by atoms with E-state index in [1.807, 2.05) is 6.08 Å². The quantitative estimate of drug-likeness (QED) is 0.557. The van der Waals surface area contributed by atoms with Crippen molar-refractivity contribution in [2.75, 3.05) is 20.3 Å². The molecule has 0 atom stereocenters. The van der Waals surface area contributed by atoms with Crippen LogP contribution in [0.2, 0.25) is 0 Å². The van der Waals surface area contributed by atoms with Gasteiger partial charge in [0, 0.05) is 26.0 Å². The molecule has 0 aliphatic carbocycles. The average molecular weight is 405 g/mol. The van der Waals surface area contributed by atoms with Gasteiger partial charge in [0.15, 0.2) is 0 Å². The number of halogens is 6. The summed E-state index contributed by atoms with van der Waals surface area (Å²) in [5.74, 6) is 0. The monoisotopic (exact) mass is 405 g/mol. The standard InChI is InChI=1S/C7H12N2.C2HF6NO4S2/c1-3-4-9-6-5-8(2)7-9;3-1(4,5)14(10,11)9-15(12,13)2(6,7)8/h3,5-6H,1,4,7H2,2H3;9H. The van der Waals surface area contributed by atoms with Crippen molar-refractivity contribution in [1.29, 1.82) is 0 Å². The first-order chi connectivity index (χ1) is 10.5. The van der Waals surface area contributed by atoms with Crippen LogP contribution >= 0.6 is 0 Å². The smallest absolute Gasteiger partial charge is 0.362 e. The third kappa shape index (κ3) is 6.56. The molecule has 0 spiro atoms. The first kappa shape index (κ1) is 22.5. The lowest BCUT2D eigenvalue weighted by Crippen LogP contribution is -2.45. The number of hydrogen-bond acceptors (Lipinski definition) is 6. The molecule has 0 bridgehead atoms. The fourth-order valence-electron chi connectivity index (χ4n) is 1.11. The van der Waals surface area contributed by atoms with Crippen LogP contribution in [0.4, 0.5) is 26.3 Å².